The van der Waals surface area contributed by atoms with E-state index >= 15 is 0 Å². The fraction of sp³-hybridized carbons (Fsp3) is 0.111. The van der Waals surface area contributed by atoms with Crippen LogP contribution in [0.2, 0.25) is 0 Å². The first kappa shape index (κ1) is 21.9. The molecule has 0 fully saturated rings. The first-order chi connectivity index (χ1) is 15.5. The third-order valence-electron chi connectivity index (χ3n) is 5.05. The maximum Gasteiger partial charge on any atom is 0.513 e. The average Bonchev–Trinajstić information content (AvgIpc) is 2.82. The van der Waals surface area contributed by atoms with Crippen LogP contribution < -0.4 is 14.1 Å². The molecule has 0 aromatic heterocycles. The van der Waals surface area contributed by atoms with Gasteiger partial charge in [0.25, 0.3) is 0 Å². The first-order valence-electron chi connectivity index (χ1n) is 10.5. The zero-order valence-electron chi connectivity index (χ0n) is 18.1. The molecule has 0 aliphatic carbocycles. The van der Waals surface area contributed by atoms with Crippen LogP contribution in [0.3, 0.4) is 0 Å². The van der Waals surface area contributed by atoms with E-state index in [0.717, 1.165) is 22.3 Å². The molecule has 5 heteroatoms. The van der Waals surface area contributed by atoms with Gasteiger partial charge in [0.05, 0.1) is 6.04 Å². The number of hydrogen-bond acceptors (Lipinski definition) is 3. The van der Waals surface area contributed by atoms with Crippen molar-refractivity contribution in [1.29, 1.82) is 0 Å². The van der Waals surface area contributed by atoms with Crippen LogP contribution in [0.1, 0.15) is 28.3 Å². The van der Waals surface area contributed by atoms with Crippen molar-refractivity contribution in [2.24, 2.45) is 0 Å². The Hall–Kier alpha value is -3.33. The van der Waals surface area contributed by atoms with Gasteiger partial charge in [-0.3, -0.25) is 0 Å². The lowest BCUT2D eigenvalue weighted by Gasteiger charge is -2.26. The smallest absolute Gasteiger partial charge is 0.405 e. The molecule has 0 atom stereocenters. The highest BCUT2D eigenvalue weighted by Crippen LogP contribution is 2.48. The second kappa shape index (κ2) is 9.86. The van der Waals surface area contributed by atoms with Gasteiger partial charge in [0.15, 0.2) is 0 Å². The molecule has 1 N–H and O–H groups in total. The molecule has 0 bridgehead atoms. The summed E-state index contributed by atoms with van der Waals surface area (Å²) in [6.07, 6.45) is 0. The highest BCUT2D eigenvalue weighted by molar-refractivity contribution is 7.52. The summed E-state index contributed by atoms with van der Waals surface area (Å²) >= 11 is 0. The summed E-state index contributed by atoms with van der Waals surface area (Å²) in [4.78, 5) is 0. The summed E-state index contributed by atoms with van der Waals surface area (Å²) in [6.45, 7) is 3.98. The summed E-state index contributed by atoms with van der Waals surface area (Å²) in [7, 11) is -3.83. The Labute approximate surface area is 189 Å². The van der Waals surface area contributed by atoms with Gasteiger partial charge in [0.2, 0.25) is 0 Å². The molecule has 32 heavy (non-hydrogen) atoms. The molecular weight excluding hydrogens is 417 g/mol. The molecule has 0 heterocycles. The predicted octanol–water partition coefficient (Wildman–Crippen LogP) is 7.25. The second-order valence-corrected chi connectivity index (χ2v) is 9.31. The van der Waals surface area contributed by atoms with E-state index in [4.69, 9.17) is 9.05 Å². The van der Waals surface area contributed by atoms with E-state index in [1.165, 1.54) is 0 Å². The summed E-state index contributed by atoms with van der Waals surface area (Å²) in [5, 5.41) is 3.20. The molecule has 0 saturated heterocycles. The molecule has 0 unspecified atom stereocenters. The fourth-order valence-corrected chi connectivity index (χ4v) is 4.89. The highest BCUT2D eigenvalue weighted by Gasteiger charge is 2.33. The zero-order chi connectivity index (χ0) is 22.4. The molecular formula is C27H26NO3P. The summed E-state index contributed by atoms with van der Waals surface area (Å²) in [5.74, 6) is 0.942. The quantitative estimate of drug-likeness (QED) is 0.291. The Kier molecular flexibility index (Phi) is 6.75. The highest BCUT2D eigenvalue weighted by atomic mass is 31.2. The number of benzene rings is 4. The Morgan fingerprint density at radius 1 is 0.594 bits per heavy atom. The van der Waals surface area contributed by atoms with Crippen molar-refractivity contribution in [3.05, 3.63) is 131 Å². The predicted molar refractivity (Wildman–Crippen MR) is 129 cm³/mol. The lowest BCUT2D eigenvalue weighted by molar-refractivity contribution is 0.365. The maximum absolute atomic E-state index is 14.1. The van der Waals surface area contributed by atoms with E-state index in [9.17, 15) is 4.57 Å². The monoisotopic (exact) mass is 443 g/mol. The van der Waals surface area contributed by atoms with E-state index in [0.29, 0.717) is 11.5 Å². The van der Waals surface area contributed by atoms with Crippen LogP contribution in [0.4, 0.5) is 0 Å². The Morgan fingerprint density at radius 2 is 0.969 bits per heavy atom. The van der Waals surface area contributed by atoms with Crippen LogP contribution in [0, 0.1) is 13.8 Å². The van der Waals surface area contributed by atoms with Gasteiger partial charge in [-0.15, -0.1) is 0 Å². The van der Waals surface area contributed by atoms with Crippen LogP contribution in [0.15, 0.2) is 109 Å². The van der Waals surface area contributed by atoms with Gasteiger partial charge in [-0.2, -0.15) is 5.09 Å². The lowest BCUT2D eigenvalue weighted by atomic mass is 10.00. The fourth-order valence-electron chi connectivity index (χ4n) is 3.34. The largest absolute Gasteiger partial charge is 0.513 e. The van der Waals surface area contributed by atoms with E-state index < -0.39 is 7.75 Å². The molecule has 0 aliphatic rings. The van der Waals surface area contributed by atoms with Gasteiger partial charge in [-0.1, -0.05) is 96.1 Å². The molecule has 0 spiro atoms. The minimum Gasteiger partial charge on any atom is -0.405 e. The zero-order valence-corrected chi connectivity index (χ0v) is 19.0. The van der Waals surface area contributed by atoms with Gasteiger partial charge in [-0.05, 0) is 49.2 Å². The maximum atomic E-state index is 14.1. The van der Waals surface area contributed by atoms with Crippen LogP contribution >= 0.6 is 7.75 Å². The van der Waals surface area contributed by atoms with Crippen molar-refractivity contribution in [3.63, 3.8) is 0 Å². The Bertz CT molecular complexity index is 1090. The van der Waals surface area contributed by atoms with Gasteiger partial charge in [-0.25, -0.2) is 4.57 Å². The van der Waals surface area contributed by atoms with Crippen molar-refractivity contribution < 1.29 is 13.6 Å². The van der Waals surface area contributed by atoms with Gasteiger partial charge in [0.1, 0.15) is 11.5 Å². The SMILES string of the molecule is Cc1ccc(OP(=O)(NC(c2ccccc2)c2ccccc2)Oc2ccc(C)cc2)cc1. The lowest BCUT2D eigenvalue weighted by Crippen LogP contribution is -2.25. The molecule has 4 aromatic rings. The van der Waals surface area contributed by atoms with E-state index in [1.807, 2.05) is 98.8 Å². The standard InChI is InChI=1S/C27H26NO3P/c1-21-13-17-25(18-14-21)30-32(29,31-26-19-15-22(2)16-20-26)28-27(23-9-5-3-6-10-23)24-11-7-4-8-12-24/h3-20,27H,1-2H3,(H,28,29). The molecule has 0 amide bonds. The minimum absolute atomic E-state index is 0.390. The number of rotatable bonds is 8. The Morgan fingerprint density at radius 3 is 1.34 bits per heavy atom. The molecule has 162 valence electrons. The normalized spacial score (nSPS) is 11.3. The van der Waals surface area contributed by atoms with Gasteiger partial charge < -0.3 is 9.05 Å². The number of aryl methyl sites for hydroxylation is 2. The van der Waals surface area contributed by atoms with Crippen LogP contribution in [-0.2, 0) is 4.57 Å². The Balaban J connectivity index is 1.72. The van der Waals surface area contributed by atoms with Crippen LogP contribution in [-0.4, -0.2) is 0 Å². The van der Waals surface area contributed by atoms with Crippen molar-refractivity contribution in [2.75, 3.05) is 0 Å². The van der Waals surface area contributed by atoms with E-state index in [-0.39, 0.29) is 6.04 Å². The average molecular weight is 443 g/mol. The molecule has 4 rings (SSSR count). The van der Waals surface area contributed by atoms with E-state index in [1.54, 1.807) is 24.3 Å². The summed E-state index contributed by atoms with van der Waals surface area (Å²) < 4.78 is 26.1. The minimum atomic E-state index is -3.83. The summed E-state index contributed by atoms with van der Waals surface area (Å²) in [6, 6.07) is 34.2. The molecule has 0 saturated carbocycles. The van der Waals surface area contributed by atoms with Gasteiger partial charge in [0, 0.05) is 0 Å². The van der Waals surface area contributed by atoms with Crippen molar-refractivity contribution in [2.45, 2.75) is 19.9 Å². The molecule has 0 radical (unpaired) electrons. The molecule has 4 nitrogen and oxygen atoms in total. The van der Waals surface area contributed by atoms with Crippen LogP contribution in [0.5, 0.6) is 11.5 Å². The third-order valence-corrected chi connectivity index (χ3v) is 6.52. The van der Waals surface area contributed by atoms with Crippen molar-refractivity contribution in [1.82, 2.24) is 5.09 Å². The van der Waals surface area contributed by atoms with Crippen molar-refractivity contribution >= 4 is 7.75 Å². The van der Waals surface area contributed by atoms with Crippen molar-refractivity contribution in [3.8, 4) is 11.5 Å². The third kappa shape index (κ3) is 5.67. The van der Waals surface area contributed by atoms with E-state index in [2.05, 4.69) is 5.09 Å². The van der Waals surface area contributed by atoms with Gasteiger partial charge >= 0.3 is 7.75 Å². The second-order valence-electron chi connectivity index (χ2n) is 7.69. The number of nitrogens with one attached hydrogen (secondary N) is 1. The molecule has 4 aromatic carbocycles. The topological polar surface area (TPSA) is 47.6 Å². The molecule has 0 aliphatic heterocycles. The summed E-state index contributed by atoms with van der Waals surface area (Å²) in [5.41, 5.74) is 4.09. The van der Waals surface area contributed by atoms with Crippen LogP contribution in [0.25, 0.3) is 0 Å². The first-order valence-corrected chi connectivity index (χ1v) is 12.1. The number of hydrogen-bond donors (Lipinski definition) is 1.